The SMILES string of the molecule is CC(C)(C)OC(=O)C1CCc2c(ccc(Cl)c2SCc2cc(Br)cs2)NC1. The molecule has 0 saturated carbocycles. The maximum Gasteiger partial charge on any atom is 0.311 e. The molecule has 1 atom stereocenters. The summed E-state index contributed by atoms with van der Waals surface area (Å²) in [6.45, 7) is 6.30. The lowest BCUT2D eigenvalue weighted by Crippen LogP contribution is -2.31. The summed E-state index contributed by atoms with van der Waals surface area (Å²) in [5, 5.41) is 6.30. The molecule has 0 fully saturated rings. The molecule has 2 heterocycles. The van der Waals surface area contributed by atoms with Gasteiger partial charge >= 0.3 is 5.97 Å². The molecule has 1 aromatic carbocycles. The van der Waals surface area contributed by atoms with Crippen LogP contribution in [0.2, 0.25) is 5.02 Å². The fraction of sp³-hybridized carbons (Fsp3) is 0.450. The van der Waals surface area contributed by atoms with Gasteiger partial charge in [0, 0.05) is 37.6 Å². The Balaban J connectivity index is 1.74. The number of esters is 1. The molecule has 0 aliphatic carbocycles. The molecule has 1 aliphatic heterocycles. The zero-order valence-electron chi connectivity index (χ0n) is 15.6. The van der Waals surface area contributed by atoms with Crippen LogP contribution in [0.4, 0.5) is 5.69 Å². The molecular formula is C20H23BrClNO2S2. The van der Waals surface area contributed by atoms with Gasteiger partial charge in [-0.1, -0.05) is 11.6 Å². The van der Waals surface area contributed by atoms with Crippen LogP contribution in [0.3, 0.4) is 0 Å². The van der Waals surface area contributed by atoms with Crippen molar-refractivity contribution in [1.29, 1.82) is 0 Å². The first-order chi connectivity index (χ1) is 12.7. The van der Waals surface area contributed by atoms with Crippen molar-refractivity contribution < 1.29 is 9.53 Å². The van der Waals surface area contributed by atoms with Gasteiger partial charge in [0.15, 0.2) is 0 Å². The molecule has 2 aromatic rings. The van der Waals surface area contributed by atoms with Crippen molar-refractivity contribution >= 4 is 62.3 Å². The Hall–Kier alpha value is -0.690. The molecule has 1 aliphatic rings. The second-order valence-electron chi connectivity index (χ2n) is 7.57. The minimum Gasteiger partial charge on any atom is -0.460 e. The number of halogens is 2. The number of anilines is 1. The van der Waals surface area contributed by atoms with Gasteiger partial charge in [-0.15, -0.1) is 23.1 Å². The van der Waals surface area contributed by atoms with E-state index in [0.29, 0.717) is 6.54 Å². The summed E-state index contributed by atoms with van der Waals surface area (Å²) in [5.74, 6) is 0.593. The number of thioether (sulfide) groups is 1. The third kappa shape index (κ3) is 5.66. The third-order valence-electron chi connectivity index (χ3n) is 4.21. The van der Waals surface area contributed by atoms with Crippen molar-refractivity contribution in [2.75, 3.05) is 11.9 Å². The summed E-state index contributed by atoms with van der Waals surface area (Å²) < 4.78 is 6.69. The molecular weight excluding hydrogens is 466 g/mol. The lowest BCUT2D eigenvalue weighted by molar-refractivity contribution is -0.159. The second-order valence-corrected chi connectivity index (χ2v) is 10.9. The minimum atomic E-state index is -0.463. The highest BCUT2D eigenvalue weighted by Gasteiger charge is 2.28. The summed E-state index contributed by atoms with van der Waals surface area (Å²) in [5.41, 5.74) is 1.81. The molecule has 1 aromatic heterocycles. The van der Waals surface area contributed by atoms with Crippen molar-refractivity contribution in [1.82, 2.24) is 0 Å². The number of hydrogen-bond acceptors (Lipinski definition) is 5. The monoisotopic (exact) mass is 487 g/mol. The molecule has 3 nitrogen and oxygen atoms in total. The highest BCUT2D eigenvalue weighted by atomic mass is 79.9. The van der Waals surface area contributed by atoms with Crippen molar-refractivity contribution in [3.8, 4) is 0 Å². The summed E-state index contributed by atoms with van der Waals surface area (Å²) in [4.78, 5) is 14.9. The van der Waals surface area contributed by atoms with Crippen molar-refractivity contribution in [3.05, 3.63) is 43.5 Å². The van der Waals surface area contributed by atoms with E-state index in [-0.39, 0.29) is 11.9 Å². The molecule has 27 heavy (non-hydrogen) atoms. The first-order valence-corrected chi connectivity index (χ1v) is 11.9. The van der Waals surface area contributed by atoms with E-state index in [0.717, 1.165) is 38.7 Å². The van der Waals surface area contributed by atoms with Crippen LogP contribution in [-0.2, 0) is 21.7 Å². The fourth-order valence-corrected chi connectivity index (χ4v) is 5.97. The number of carbonyl (C=O) groups is 1. The van der Waals surface area contributed by atoms with Crippen LogP contribution in [0.25, 0.3) is 0 Å². The maximum atomic E-state index is 12.5. The van der Waals surface area contributed by atoms with E-state index in [4.69, 9.17) is 16.3 Å². The van der Waals surface area contributed by atoms with Gasteiger partial charge in [0.1, 0.15) is 5.60 Å². The standard InChI is InChI=1S/C20H23BrClNO2S2/c1-20(2,3)25-19(24)12-4-5-15-17(23-9-12)7-6-16(22)18(15)27-11-14-8-13(21)10-26-14/h6-8,10,12,23H,4-5,9,11H2,1-3H3. The fourth-order valence-electron chi connectivity index (χ4n) is 2.98. The largest absolute Gasteiger partial charge is 0.460 e. The highest BCUT2D eigenvalue weighted by molar-refractivity contribution is 9.10. The minimum absolute atomic E-state index is 0.133. The van der Waals surface area contributed by atoms with Crippen molar-refractivity contribution in [2.45, 2.75) is 49.9 Å². The lowest BCUT2D eigenvalue weighted by atomic mass is 10.0. The van der Waals surface area contributed by atoms with E-state index < -0.39 is 5.60 Å². The van der Waals surface area contributed by atoms with E-state index in [1.807, 2.05) is 32.9 Å². The highest BCUT2D eigenvalue weighted by Crippen LogP contribution is 2.40. The van der Waals surface area contributed by atoms with Gasteiger partial charge in [0.05, 0.1) is 10.9 Å². The Morgan fingerprint density at radius 2 is 2.22 bits per heavy atom. The molecule has 3 rings (SSSR count). The molecule has 0 spiro atoms. The van der Waals surface area contributed by atoms with Crippen LogP contribution in [0, 0.1) is 5.92 Å². The van der Waals surface area contributed by atoms with Gasteiger partial charge in [0.2, 0.25) is 0 Å². The van der Waals surface area contributed by atoms with Crippen molar-refractivity contribution in [2.24, 2.45) is 5.92 Å². The maximum absolute atomic E-state index is 12.5. The number of fused-ring (bicyclic) bond motifs is 1. The number of rotatable bonds is 4. The van der Waals surface area contributed by atoms with E-state index in [1.165, 1.54) is 10.4 Å². The van der Waals surface area contributed by atoms with Gasteiger partial charge in [-0.05, 0) is 73.3 Å². The normalized spacial score (nSPS) is 17.0. The molecule has 1 unspecified atom stereocenters. The number of ether oxygens (including phenoxy) is 1. The van der Waals surface area contributed by atoms with Gasteiger partial charge in [-0.3, -0.25) is 4.79 Å². The molecule has 0 amide bonds. The first kappa shape index (κ1) is 21.0. The Kier molecular flexibility index (Phi) is 6.83. The average molecular weight is 489 g/mol. The van der Waals surface area contributed by atoms with Crippen LogP contribution in [-0.4, -0.2) is 18.1 Å². The molecule has 7 heteroatoms. The number of benzene rings is 1. The number of nitrogens with one attached hydrogen (secondary N) is 1. The van der Waals surface area contributed by atoms with Crippen LogP contribution in [0.1, 0.15) is 37.6 Å². The average Bonchev–Trinajstić information content (AvgIpc) is 2.86. The van der Waals surface area contributed by atoms with Crippen LogP contribution < -0.4 is 5.32 Å². The van der Waals surface area contributed by atoms with Gasteiger partial charge < -0.3 is 10.1 Å². The van der Waals surface area contributed by atoms with Crippen molar-refractivity contribution in [3.63, 3.8) is 0 Å². The van der Waals surface area contributed by atoms with Gasteiger partial charge in [0.25, 0.3) is 0 Å². The summed E-state index contributed by atoms with van der Waals surface area (Å²) in [6.07, 6.45) is 1.57. The Morgan fingerprint density at radius 3 is 2.89 bits per heavy atom. The van der Waals surface area contributed by atoms with E-state index in [9.17, 15) is 4.79 Å². The van der Waals surface area contributed by atoms with Crippen LogP contribution >= 0.6 is 50.6 Å². The van der Waals surface area contributed by atoms with E-state index in [1.54, 1.807) is 23.1 Å². The summed E-state index contributed by atoms with van der Waals surface area (Å²) in [6, 6.07) is 6.10. The number of hydrogen-bond donors (Lipinski definition) is 1. The molecule has 146 valence electrons. The zero-order valence-corrected chi connectivity index (χ0v) is 19.6. The molecule has 0 bridgehead atoms. The molecule has 0 saturated heterocycles. The molecule has 1 N–H and O–H groups in total. The van der Waals surface area contributed by atoms with Gasteiger partial charge in [-0.2, -0.15) is 0 Å². The smallest absolute Gasteiger partial charge is 0.311 e. The predicted molar refractivity (Wildman–Crippen MR) is 119 cm³/mol. The number of thiophene rings is 1. The Labute approximate surface area is 182 Å². The Morgan fingerprint density at radius 1 is 1.44 bits per heavy atom. The van der Waals surface area contributed by atoms with E-state index >= 15 is 0 Å². The first-order valence-electron chi connectivity index (χ1n) is 8.87. The van der Waals surface area contributed by atoms with E-state index in [2.05, 4.69) is 32.7 Å². The van der Waals surface area contributed by atoms with Crippen LogP contribution in [0.15, 0.2) is 32.9 Å². The number of carbonyl (C=O) groups excluding carboxylic acids is 1. The second kappa shape index (κ2) is 8.76. The van der Waals surface area contributed by atoms with Crippen LogP contribution in [0.5, 0.6) is 0 Å². The third-order valence-corrected chi connectivity index (χ3v) is 7.73. The predicted octanol–water partition coefficient (Wildman–Crippen LogP) is 6.77. The summed E-state index contributed by atoms with van der Waals surface area (Å²) >= 11 is 13.5. The Bertz CT molecular complexity index is 832. The quantitative estimate of drug-likeness (QED) is 0.380. The van der Waals surface area contributed by atoms with Gasteiger partial charge in [-0.25, -0.2) is 0 Å². The topological polar surface area (TPSA) is 38.3 Å². The zero-order chi connectivity index (χ0) is 19.6. The lowest BCUT2D eigenvalue weighted by Gasteiger charge is -2.23. The summed E-state index contributed by atoms with van der Waals surface area (Å²) in [7, 11) is 0. The molecule has 0 radical (unpaired) electrons.